The van der Waals surface area contributed by atoms with Crippen LogP contribution >= 0.6 is 0 Å². The quantitative estimate of drug-likeness (QED) is 0.871. The zero-order chi connectivity index (χ0) is 15.4. The van der Waals surface area contributed by atoms with Gasteiger partial charge in [0.2, 0.25) is 5.54 Å². The lowest BCUT2D eigenvalue weighted by atomic mass is 9.89. The van der Waals surface area contributed by atoms with Crippen LogP contribution in [0.15, 0.2) is 24.3 Å². The van der Waals surface area contributed by atoms with Crippen molar-refractivity contribution >= 4 is 5.91 Å². The molecule has 0 fully saturated rings. The number of benzene rings is 1. The molecule has 0 aromatic heterocycles. The van der Waals surface area contributed by atoms with Crippen LogP contribution in [0.3, 0.4) is 0 Å². The molecule has 1 amide bonds. The first-order valence-corrected chi connectivity index (χ1v) is 6.05. The summed E-state index contributed by atoms with van der Waals surface area (Å²) in [5.74, 6) is -1.08. The second-order valence-electron chi connectivity index (χ2n) is 4.29. The summed E-state index contributed by atoms with van der Waals surface area (Å²) < 4.78 is 44.7. The topological polar surface area (TPSA) is 64.4 Å². The number of hydrogen-bond donors (Lipinski definition) is 2. The van der Waals surface area contributed by atoms with E-state index in [4.69, 9.17) is 10.5 Å². The van der Waals surface area contributed by atoms with Gasteiger partial charge in [0, 0.05) is 6.54 Å². The maximum Gasteiger partial charge on any atom is 0.419 e. The molecule has 0 saturated heterocycles. The molecule has 1 aromatic rings. The number of halogens is 3. The summed E-state index contributed by atoms with van der Waals surface area (Å²) in [5.41, 5.74) is 1.95. The van der Waals surface area contributed by atoms with E-state index in [9.17, 15) is 18.0 Å². The predicted molar refractivity (Wildman–Crippen MR) is 68.2 cm³/mol. The highest BCUT2D eigenvalue weighted by molar-refractivity contribution is 5.88. The molecule has 20 heavy (non-hydrogen) atoms. The molecule has 0 aliphatic carbocycles. The third-order valence-electron chi connectivity index (χ3n) is 2.87. The molecular weight excluding hydrogens is 273 g/mol. The molecule has 7 heteroatoms. The van der Waals surface area contributed by atoms with Crippen LogP contribution in [-0.4, -0.2) is 25.7 Å². The normalized spacial score (nSPS) is 14.5. The Balaban J connectivity index is 3.27. The smallest absolute Gasteiger partial charge is 0.419 e. The Kier molecular flexibility index (Phi) is 4.99. The molecule has 1 aromatic carbocycles. The van der Waals surface area contributed by atoms with Crippen molar-refractivity contribution in [1.82, 2.24) is 5.32 Å². The van der Waals surface area contributed by atoms with E-state index in [1.807, 2.05) is 0 Å². The Morgan fingerprint density at radius 2 is 2.05 bits per heavy atom. The fourth-order valence-electron chi connectivity index (χ4n) is 1.67. The van der Waals surface area contributed by atoms with Crippen LogP contribution in [0, 0.1) is 0 Å². The van der Waals surface area contributed by atoms with Crippen molar-refractivity contribution in [3.63, 3.8) is 0 Å². The standard InChI is InChI=1S/C13H17F3N2O2/c1-3-7-18-11(19)12(17,13(14,15)16)9-5-4-6-10(8-9)20-2/h4-6,8H,3,7,17H2,1-2H3,(H,18,19). The van der Waals surface area contributed by atoms with Gasteiger partial charge in [0.05, 0.1) is 7.11 Å². The van der Waals surface area contributed by atoms with Crippen LogP contribution in [0.5, 0.6) is 5.75 Å². The van der Waals surface area contributed by atoms with E-state index < -0.39 is 17.6 Å². The van der Waals surface area contributed by atoms with Gasteiger partial charge in [-0.1, -0.05) is 19.1 Å². The van der Waals surface area contributed by atoms with Crippen LogP contribution in [0.2, 0.25) is 0 Å². The first-order valence-electron chi connectivity index (χ1n) is 6.05. The van der Waals surface area contributed by atoms with E-state index in [1.54, 1.807) is 6.92 Å². The lowest BCUT2D eigenvalue weighted by Gasteiger charge is -2.31. The molecule has 112 valence electrons. The Bertz CT molecular complexity index is 477. The number of hydrogen-bond acceptors (Lipinski definition) is 3. The Labute approximate surface area is 115 Å². The van der Waals surface area contributed by atoms with Gasteiger partial charge in [-0.05, 0) is 24.1 Å². The molecule has 4 nitrogen and oxygen atoms in total. The average Bonchev–Trinajstić information content (AvgIpc) is 2.42. The fourth-order valence-corrected chi connectivity index (χ4v) is 1.67. The summed E-state index contributed by atoms with van der Waals surface area (Å²) in [6.07, 6.45) is -4.41. The van der Waals surface area contributed by atoms with Crippen LogP contribution in [-0.2, 0) is 10.3 Å². The minimum atomic E-state index is -4.92. The summed E-state index contributed by atoms with van der Waals surface area (Å²) in [4.78, 5) is 11.9. The lowest BCUT2D eigenvalue weighted by molar-refractivity contribution is -0.194. The van der Waals surface area contributed by atoms with Gasteiger partial charge >= 0.3 is 6.18 Å². The highest BCUT2D eigenvalue weighted by Gasteiger charge is 2.58. The number of nitrogens with two attached hydrogens (primary N) is 1. The number of ether oxygens (including phenoxy) is 1. The third kappa shape index (κ3) is 3.04. The Morgan fingerprint density at radius 1 is 1.40 bits per heavy atom. The molecule has 1 atom stereocenters. The maximum atomic E-state index is 13.3. The highest BCUT2D eigenvalue weighted by Crippen LogP contribution is 2.38. The van der Waals surface area contributed by atoms with Gasteiger partial charge in [0.1, 0.15) is 5.75 Å². The largest absolute Gasteiger partial charge is 0.497 e. The summed E-state index contributed by atoms with van der Waals surface area (Å²) in [5, 5.41) is 2.19. The van der Waals surface area contributed by atoms with E-state index in [-0.39, 0.29) is 17.9 Å². The minimum Gasteiger partial charge on any atom is -0.497 e. The van der Waals surface area contributed by atoms with Crippen LogP contribution in [0.4, 0.5) is 13.2 Å². The van der Waals surface area contributed by atoms with Gasteiger partial charge < -0.3 is 15.8 Å². The molecule has 1 rings (SSSR count). The van der Waals surface area contributed by atoms with Crippen LogP contribution in [0.25, 0.3) is 0 Å². The number of methoxy groups -OCH3 is 1. The summed E-state index contributed by atoms with van der Waals surface area (Å²) in [7, 11) is 1.32. The molecule has 1 unspecified atom stereocenters. The molecule has 0 radical (unpaired) electrons. The number of alkyl halides is 3. The van der Waals surface area contributed by atoms with Gasteiger partial charge in [0.15, 0.2) is 0 Å². The zero-order valence-electron chi connectivity index (χ0n) is 11.3. The second-order valence-corrected chi connectivity index (χ2v) is 4.29. The van der Waals surface area contributed by atoms with Crippen molar-refractivity contribution in [2.75, 3.05) is 13.7 Å². The number of carbonyl (C=O) groups is 1. The van der Waals surface area contributed by atoms with Gasteiger partial charge in [-0.3, -0.25) is 4.79 Å². The van der Waals surface area contributed by atoms with Crippen molar-refractivity contribution < 1.29 is 22.7 Å². The second kappa shape index (κ2) is 6.13. The van der Waals surface area contributed by atoms with E-state index >= 15 is 0 Å². The van der Waals surface area contributed by atoms with Crippen molar-refractivity contribution in [3.8, 4) is 5.75 Å². The molecule has 0 aliphatic heterocycles. The SMILES string of the molecule is CCCNC(=O)C(N)(c1cccc(OC)c1)C(F)(F)F. The molecular formula is C13H17F3N2O2. The number of rotatable bonds is 5. The molecule has 0 spiro atoms. The van der Waals surface area contributed by atoms with Crippen molar-refractivity contribution in [1.29, 1.82) is 0 Å². The van der Waals surface area contributed by atoms with E-state index in [0.29, 0.717) is 6.42 Å². The summed E-state index contributed by atoms with van der Waals surface area (Å²) in [6, 6.07) is 5.10. The van der Waals surface area contributed by atoms with Crippen molar-refractivity contribution in [3.05, 3.63) is 29.8 Å². The van der Waals surface area contributed by atoms with E-state index in [2.05, 4.69) is 5.32 Å². The molecule has 0 aliphatic rings. The predicted octanol–water partition coefficient (Wildman–Crippen LogP) is 1.94. The first-order chi connectivity index (χ1) is 9.27. The maximum absolute atomic E-state index is 13.3. The average molecular weight is 290 g/mol. The molecule has 0 saturated carbocycles. The highest BCUT2D eigenvalue weighted by atomic mass is 19.4. The van der Waals surface area contributed by atoms with Gasteiger partial charge in [-0.15, -0.1) is 0 Å². The summed E-state index contributed by atoms with van der Waals surface area (Å²) >= 11 is 0. The number of amides is 1. The Morgan fingerprint density at radius 3 is 2.55 bits per heavy atom. The number of nitrogens with one attached hydrogen (secondary N) is 1. The Hall–Kier alpha value is -1.76. The molecule has 0 heterocycles. The summed E-state index contributed by atoms with van der Waals surface area (Å²) in [6.45, 7) is 1.86. The van der Waals surface area contributed by atoms with Crippen LogP contribution < -0.4 is 15.8 Å². The van der Waals surface area contributed by atoms with E-state index in [1.165, 1.54) is 19.2 Å². The first kappa shape index (κ1) is 16.3. The minimum absolute atomic E-state index is 0.123. The molecule has 0 bridgehead atoms. The van der Waals surface area contributed by atoms with Gasteiger partial charge in [-0.25, -0.2) is 0 Å². The lowest BCUT2D eigenvalue weighted by Crippen LogP contribution is -2.60. The third-order valence-corrected chi connectivity index (χ3v) is 2.87. The zero-order valence-corrected chi connectivity index (χ0v) is 11.3. The van der Waals surface area contributed by atoms with Crippen LogP contribution in [0.1, 0.15) is 18.9 Å². The molecule has 3 N–H and O–H groups in total. The monoisotopic (exact) mass is 290 g/mol. The van der Waals surface area contributed by atoms with E-state index in [0.717, 1.165) is 12.1 Å². The fraction of sp³-hybridized carbons (Fsp3) is 0.462. The van der Waals surface area contributed by atoms with Gasteiger partial charge in [0.25, 0.3) is 5.91 Å². The van der Waals surface area contributed by atoms with Crippen molar-refractivity contribution in [2.45, 2.75) is 25.1 Å². The van der Waals surface area contributed by atoms with Crippen molar-refractivity contribution in [2.24, 2.45) is 5.73 Å². The van der Waals surface area contributed by atoms with Gasteiger partial charge in [-0.2, -0.15) is 13.2 Å². The number of carbonyl (C=O) groups excluding carboxylic acids is 1.